The number of halogens is 1. The predicted molar refractivity (Wildman–Crippen MR) is 128 cm³/mol. The summed E-state index contributed by atoms with van der Waals surface area (Å²) in [7, 11) is 0. The Bertz CT molecular complexity index is 1120. The Labute approximate surface area is 191 Å². The van der Waals surface area contributed by atoms with Gasteiger partial charge in [0.2, 0.25) is 0 Å². The number of rotatable bonds is 8. The van der Waals surface area contributed by atoms with Gasteiger partial charge < -0.3 is 10.1 Å². The van der Waals surface area contributed by atoms with E-state index in [2.05, 4.69) is 5.32 Å². The number of nitrogens with zero attached hydrogens (tertiary/aromatic N) is 1. The maximum Gasteiger partial charge on any atom is 0.266 e. The zero-order valence-corrected chi connectivity index (χ0v) is 18.5. The number of benzene rings is 3. The summed E-state index contributed by atoms with van der Waals surface area (Å²) in [5.41, 5.74) is 2.29. The third-order valence-electron chi connectivity index (χ3n) is 4.40. The van der Waals surface area contributed by atoms with Gasteiger partial charge in [-0.3, -0.25) is 4.79 Å². The Balaban J connectivity index is 1.65. The number of hydrogen-bond acceptors (Lipinski definition) is 4. The van der Waals surface area contributed by atoms with Crippen LogP contribution in [-0.2, 0) is 4.79 Å². The summed E-state index contributed by atoms with van der Waals surface area (Å²) in [5, 5.41) is 13.0. The van der Waals surface area contributed by atoms with E-state index in [1.807, 2.05) is 79.7 Å². The van der Waals surface area contributed by atoms with Gasteiger partial charge in [-0.2, -0.15) is 5.26 Å². The molecule has 0 aliphatic carbocycles. The maximum atomic E-state index is 12.6. The van der Waals surface area contributed by atoms with E-state index in [1.165, 1.54) is 0 Å². The topological polar surface area (TPSA) is 62.1 Å². The highest BCUT2D eigenvalue weighted by Crippen LogP contribution is 2.24. The number of aryl methyl sites for hydroxylation is 1. The molecule has 0 heterocycles. The van der Waals surface area contributed by atoms with Crippen molar-refractivity contribution in [1.29, 1.82) is 5.26 Å². The Morgan fingerprint density at radius 3 is 2.55 bits per heavy atom. The molecule has 3 aromatic rings. The zero-order chi connectivity index (χ0) is 22.1. The fourth-order valence-electron chi connectivity index (χ4n) is 2.78. The number of amides is 1. The molecule has 0 unspecified atom stereocenters. The number of ether oxygens (including phenoxy) is 1. The van der Waals surface area contributed by atoms with Crippen LogP contribution >= 0.6 is 23.4 Å². The Morgan fingerprint density at radius 1 is 1.10 bits per heavy atom. The molecule has 0 atom stereocenters. The van der Waals surface area contributed by atoms with Crippen LogP contribution in [0.1, 0.15) is 11.1 Å². The molecule has 0 bridgehead atoms. The molecule has 0 saturated heterocycles. The fourth-order valence-corrected chi connectivity index (χ4v) is 3.64. The fraction of sp³-hybridized carbons (Fsp3) is 0.120. The van der Waals surface area contributed by atoms with E-state index in [0.29, 0.717) is 28.6 Å². The van der Waals surface area contributed by atoms with Gasteiger partial charge in [0.15, 0.2) is 0 Å². The van der Waals surface area contributed by atoms with E-state index in [4.69, 9.17) is 16.3 Å². The van der Waals surface area contributed by atoms with Crippen LogP contribution in [0.4, 0.5) is 5.69 Å². The van der Waals surface area contributed by atoms with Gasteiger partial charge in [0.25, 0.3) is 5.91 Å². The van der Waals surface area contributed by atoms with Crippen molar-refractivity contribution < 1.29 is 9.53 Å². The van der Waals surface area contributed by atoms with Crippen molar-refractivity contribution in [2.75, 3.05) is 17.7 Å². The van der Waals surface area contributed by atoms with E-state index >= 15 is 0 Å². The van der Waals surface area contributed by atoms with Crippen molar-refractivity contribution in [3.05, 3.63) is 94.5 Å². The van der Waals surface area contributed by atoms with Crippen LogP contribution in [-0.4, -0.2) is 18.3 Å². The summed E-state index contributed by atoms with van der Waals surface area (Å²) in [5.74, 6) is 0.916. The number of hydrogen-bond donors (Lipinski definition) is 1. The predicted octanol–water partition coefficient (Wildman–Crippen LogP) is 6.37. The zero-order valence-electron chi connectivity index (χ0n) is 17.0. The summed E-state index contributed by atoms with van der Waals surface area (Å²) in [4.78, 5) is 13.7. The van der Waals surface area contributed by atoms with Crippen LogP contribution in [0, 0.1) is 18.3 Å². The molecule has 1 amide bonds. The first-order valence-corrected chi connectivity index (χ1v) is 11.0. The molecule has 156 valence electrons. The highest BCUT2D eigenvalue weighted by atomic mass is 35.5. The first kappa shape index (κ1) is 22.5. The summed E-state index contributed by atoms with van der Waals surface area (Å²) >= 11 is 7.57. The lowest BCUT2D eigenvalue weighted by Crippen LogP contribution is -2.14. The van der Waals surface area contributed by atoms with Gasteiger partial charge in [0, 0.05) is 26.9 Å². The van der Waals surface area contributed by atoms with Crippen molar-refractivity contribution in [3.8, 4) is 11.8 Å². The largest absolute Gasteiger partial charge is 0.492 e. The van der Waals surface area contributed by atoms with Gasteiger partial charge in [-0.1, -0.05) is 48.0 Å². The molecule has 4 nitrogen and oxygen atoms in total. The third kappa shape index (κ3) is 6.65. The van der Waals surface area contributed by atoms with Crippen LogP contribution < -0.4 is 10.1 Å². The molecule has 0 saturated carbocycles. The lowest BCUT2D eigenvalue weighted by molar-refractivity contribution is -0.112. The quantitative estimate of drug-likeness (QED) is 0.188. The van der Waals surface area contributed by atoms with Gasteiger partial charge >= 0.3 is 0 Å². The number of nitrogens with one attached hydrogen (secondary N) is 1. The third-order valence-corrected chi connectivity index (χ3v) is 5.63. The van der Waals surface area contributed by atoms with Crippen molar-refractivity contribution in [1.82, 2.24) is 0 Å². The van der Waals surface area contributed by atoms with Gasteiger partial charge in [0.1, 0.15) is 17.4 Å². The van der Waals surface area contributed by atoms with Crippen LogP contribution in [0.15, 0.2) is 83.3 Å². The van der Waals surface area contributed by atoms with Gasteiger partial charge in [-0.15, -0.1) is 11.8 Å². The molecule has 0 fully saturated rings. The molecule has 0 aliphatic heterocycles. The molecule has 0 aromatic heterocycles. The van der Waals surface area contributed by atoms with Crippen LogP contribution in [0.3, 0.4) is 0 Å². The van der Waals surface area contributed by atoms with Crippen molar-refractivity contribution >= 4 is 41.0 Å². The number of thioether (sulfide) groups is 1. The average molecular weight is 449 g/mol. The lowest BCUT2D eigenvalue weighted by Gasteiger charge is -2.10. The van der Waals surface area contributed by atoms with Crippen LogP contribution in [0.5, 0.6) is 5.75 Å². The monoisotopic (exact) mass is 448 g/mol. The number of carbonyl (C=O) groups is 1. The molecular weight excluding hydrogens is 428 g/mol. The molecule has 1 N–H and O–H groups in total. The summed E-state index contributed by atoms with van der Waals surface area (Å²) < 4.78 is 5.91. The summed E-state index contributed by atoms with van der Waals surface area (Å²) in [6, 6.07) is 24.4. The minimum atomic E-state index is -0.454. The van der Waals surface area contributed by atoms with E-state index in [1.54, 1.807) is 23.9 Å². The molecule has 3 rings (SSSR count). The number of anilines is 1. The Kier molecular flexibility index (Phi) is 8.17. The van der Waals surface area contributed by atoms with Gasteiger partial charge in [-0.05, 0) is 55.0 Å². The first-order chi connectivity index (χ1) is 15.1. The van der Waals surface area contributed by atoms with Gasteiger partial charge in [0.05, 0.1) is 6.61 Å². The van der Waals surface area contributed by atoms with Crippen molar-refractivity contribution in [2.45, 2.75) is 11.8 Å². The van der Waals surface area contributed by atoms with Crippen LogP contribution in [0.2, 0.25) is 5.02 Å². The van der Waals surface area contributed by atoms with Gasteiger partial charge in [-0.25, -0.2) is 0 Å². The average Bonchev–Trinajstić information content (AvgIpc) is 2.78. The second-order valence-electron chi connectivity index (χ2n) is 6.63. The second-order valence-corrected chi connectivity index (χ2v) is 8.23. The molecule has 6 heteroatoms. The number of carbonyl (C=O) groups excluding carboxylic acids is 1. The Hall–Kier alpha value is -3.20. The Morgan fingerprint density at radius 2 is 1.81 bits per heavy atom. The molecule has 0 aliphatic rings. The summed E-state index contributed by atoms with van der Waals surface area (Å²) in [6.45, 7) is 2.38. The number of nitriles is 1. The normalized spacial score (nSPS) is 10.9. The molecule has 3 aromatic carbocycles. The minimum Gasteiger partial charge on any atom is -0.492 e. The molecular formula is C25H21ClN2O2S. The summed E-state index contributed by atoms with van der Waals surface area (Å²) in [6.07, 6.45) is 1.55. The first-order valence-electron chi connectivity index (χ1n) is 9.66. The van der Waals surface area contributed by atoms with Crippen molar-refractivity contribution in [2.24, 2.45) is 0 Å². The van der Waals surface area contributed by atoms with Crippen LogP contribution in [0.25, 0.3) is 6.08 Å². The SMILES string of the molecule is Cc1ccccc1NC(=O)/C(C#N)=C/c1ccccc1OCCSc1ccc(Cl)cc1. The molecule has 31 heavy (non-hydrogen) atoms. The minimum absolute atomic E-state index is 0.00911. The van der Waals surface area contributed by atoms with E-state index in [9.17, 15) is 10.1 Å². The highest BCUT2D eigenvalue weighted by molar-refractivity contribution is 7.99. The van der Waals surface area contributed by atoms with E-state index < -0.39 is 5.91 Å². The lowest BCUT2D eigenvalue weighted by atomic mass is 10.1. The van der Waals surface area contributed by atoms with Crippen molar-refractivity contribution in [3.63, 3.8) is 0 Å². The standard InChI is InChI=1S/C25H21ClN2O2S/c1-18-6-2-4-8-23(18)28-25(29)20(17-27)16-19-7-3-5-9-24(19)30-14-15-31-22-12-10-21(26)11-13-22/h2-13,16H,14-15H2,1H3,(H,28,29)/b20-16+. The molecule has 0 spiro atoms. The number of para-hydroxylation sites is 2. The molecule has 0 radical (unpaired) electrons. The maximum absolute atomic E-state index is 12.6. The second kappa shape index (κ2) is 11.3. The highest BCUT2D eigenvalue weighted by Gasteiger charge is 2.12. The van der Waals surface area contributed by atoms with E-state index in [-0.39, 0.29) is 5.57 Å². The smallest absolute Gasteiger partial charge is 0.266 e. The van der Waals surface area contributed by atoms with E-state index in [0.717, 1.165) is 16.2 Å².